The van der Waals surface area contributed by atoms with Gasteiger partial charge in [0.15, 0.2) is 0 Å². The normalized spacial score (nSPS) is 12.9. The quantitative estimate of drug-likeness (QED) is 0.851. The van der Waals surface area contributed by atoms with E-state index in [1.54, 1.807) is 10.6 Å². The molecule has 2 N–H and O–H groups in total. The maximum Gasteiger partial charge on any atom is 0.354 e. The molecule has 0 spiro atoms. The van der Waals surface area contributed by atoms with Gasteiger partial charge in [0, 0.05) is 11.8 Å². The van der Waals surface area contributed by atoms with E-state index in [1.807, 2.05) is 45.0 Å². The zero-order chi connectivity index (χ0) is 17.9. The van der Waals surface area contributed by atoms with Crippen molar-refractivity contribution >= 4 is 22.8 Å². The highest BCUT2D eigenvalue weighted by Gasteiger charge is 2.22. The number of nitrogens with zero attached hydrogens (tertiary/aromatic N) is 1. The van der Waals surface area contributed by atoms with Gasteiger partial charge in [0.2, 0.25) is 0 Å². The lowest BCUT2D eigenvalue weighted by Crippen LogP contribution is -2.27. The predicted molar refractivity (Wildman–Crippen MR) is 91.6 cm³/mol. The number of aromatic nitrogens is 1. The average molecular weight is 332 g/mol. The van der Waals surface area contributed by atoms with Gasteiger partial charge in [-0.25, -0.2) is 4.79 Å². The molecule has 0 bridgehead atoms. The number of benzene rings is 1. The number of nitrogens with two attached hydrogens (primary N) is 1. The molecule has 1 aromatic carbocycles. The third-order valence-corrected chi connectivity index (χ3v) is 3.54. The molecule has 130 valence electrons. The summed E-state index contributed by atoms with van der Waals surface area (Å²) in [6.07, 6.45) is -0.00474. The molecular weight excluding hydrogens is 308 g/mol. The molecule has 24 heavy (non-hydrogen) atoms. The van der Waals surface area contributed by atoms with E-state index in [2.05, 4.69) is 0 Å². The van der Waals surface area contributed by atoms with E-state index in [-0.39, 0.29) is 12.4 Å². The molecule has 1 atom stereocenters. The van der Waals surface area contributed by atoms with Crippen LogP contribution in [0, 0.1) is 0 Å². The van der Waals surface area contributed by atoms with Crippen LogP contribution >= 0.6 is 0 Å². The Morgan fingerprint density at radius 1 is 1.25 bits per heavy atom. The van der Waals surface area contributed by atoms with Crippen molar-refractivity contribution < 1.29 is 19.1 Å². The summed E-state index contributed by atoms with van der Waals surface area (Å²) in [4.78, 5) is 23.9. The SMILES string of the molecule is COC(=O)c1cc2ccccc2n1C(N)CCC(=O)OC(C)(C)C. The molecule has 2 rings (SSSR count). The van der Waals surface area contributed by atoms with Gasteiger partial charge in [0.05, 0.1) is 18.8 Å². The van der Waals surface area contributed by atoms with Crippen LogP contribution in [0.4, 0.5) is 0 Å². The van der Waals surface area contributed by atoms with Crippen molar-refractivity contribution in [3.05, 3.63) is 36.0 Å². The third-order valence-electron chi connectivity index (χ3n) is 3.54. The summed E-state index contributed by atoms with van der Waals surface area (Å²) in [5, 5.41) is 0.894. The lowest BCUT2D eigenvalue weighted by Gasteiger charge is -2.21. The highest BCUT2D eigenvalue weighted by atomic mass is 16.6. The molecule has 0 saturated carbocycles. The van der Waals surface area contributed by atoms with Crippen LogP contribution in [0.3, 0.4) is 0 Å². The smallest absolute Gasteiger partial charge is 0.354 e. The summed E-state index contributed by atoms with van der Waals surface area (Å²) in [7, 11) is 1.33. The fraction of sp³-hybridized carbons (Fsp3) is 0.444. The van der Waals surface area contributed by atoms with Crippen molar-refractivity contribution in [1.29, 1.82) is 0 Å². The monoisotopic (exact) mass is 332 g/mol. The van der Waals surface area contributed by atoms with Crippen molar-refractivity contribution in [3.63, 3.8) is 0 Å². The van der Waals surface area contributed by atoms with Crippen LogP contribution in [0.1, 0.15) is 50.3 Å². The Bertz CT molecular complexity index is 743. The Morgan fingerprint density at radius 3 is 2.54 bits per heavy atom. The first kappa shape index (κ1) is 18.0. The minimum Gasteiger partial charge on any atom is -0.464 e. The van der Waals surface area contributed by atoms with Crippen molar-refractivity contribution in [2.24, 2.45) is 5.73 Å². The van der Waals surface area contributed by atoms with Crippen LogP contribution < -0.4 is 5.73 Å². The Hall–Kier alpha value is -2.34. The lowest BCUT2D eigenvalue weighted by molar-refractivity contribution is -0.155. The number of hydrogen-bond acceptors (Lipinski definition) is 5. The Balaban J connectivity index is 2.23. The van der Waals surface area contributed by atoms with Crippen molar-refractivity contribution in [2.75, 3.05) is 7.11 Å². The highest BCUT2D eigenvalue weighted by Crippen LogP contribution is 2.25. The first-order valence-corrected chi connectivity index (χ1v) is 7.88. The van der Waals surface area contributed by atoms with E-state index in [9.17, 15) is 9.59 Å². The van der Waals surface area contributed by atoms with E-state index < -0.39 is 17.7 Å². The second-order valence-corrected chi connectivity index (χ2v) is 6.64. The number of methoxy groups -OCH3 is 1. The lowest BCUT2D eigenvalue weighted by atomic mass is 10.2. The fourth-order valence-electron chi connectivity index (χ4n) is 2.58. The van der Waals surface area contributed by atoms with Gasteiger partial charge in [0.1, 0.15) is 11.3 Å². The standard InChI is InChI=1S/C18H24N2O4/c1-18(2,3)24-16(21)10-9-15(19)20-13-8-6-5-7-12(13)11-14(20)17(22)23-4/h5-8,11,15H,9-10,19H2,1-4H3. The van der Waals surface area contributed by atoms with Gasteiger partial charge in [-0.3, -0.25) is 4.79 Å². The van der Waals surface area contributed by atoms with Gasteiger partial charge in [-0.2, -0.15) is 0 Å². The first-order chi connectivity index (χ1) is 11.2. The van der Waals surface area contributed by atoms with Gasteiger partial charge < -0.3 is 19.8 Å². The van der Waals surface area contributed by atoms with Crippen LogP contribution in [-0.4, -0.2) is 29.2 Å². The van der Waals surface area contributed by atoms with Gasteiger partial charge >= 0.3 is 11.9 Å². The molecule has 1 aromatic heterocycles. The molecule has 0 saturated heterocycles. The number of esters is 2. The summed E-state index contributed by atoms with van der Waals surface area (Å²) < 4.78 is 11.9. The van der Waals surface area contributed by atoms with Crippen LogP contribution in [0.5, 0.6) is 0 Å². The predicted octanol–water partition coefficient (Wildman–Crippen LogP) is 3.01. The Morgan fingerprint density at radius 2 is 1.92 bits per heavy atom. The summed E-state index contributed by atoms with van der Waals surface area (Å²) in [5.74, 6) is -0.770. The third kappa shape index (κ3) is 4.14. The number of hydrogen-bond donors (Lipinski definition) is 1. The second-order valence-electron chi connectivity index (χ2n) is 6.64. The van der Waals surface area contributed by atoms with Gasteiger partial charge in [-0.05, 0) is 39.3 Å². The number of fused-ring (bicyclic) bond motifs is 1. The van der Waals surface area contributed by atoms with Crippen molar-refractivity contribution in [3.8, 4) is 0 Å². The van der Waals surface area contributed by atoms with E-state index in [4.69, 9.17) is 15.2 Å². The van der Waals surface area contributed by atoms with E-state index in [0.717, 1.165) is 10.9 Å². The van der Waals surface area contributed by atoms with Gasteiger partial charge in [-0.1, -0.05) is 18.2 Å². The molecular formula is C18H24N2O4. The van der Waals surface area contributed by atoms with Crippen LogP contribution in [-0.2, 0) is 14.3 Å². The maximum absolute atomic E-state index is 12.0. The summed E-state index contributed by atoms with van der Waals surface area (Å²) in [5.41, 5.74) is 6.93. The van der Waals surface area contributed by atoms with Crippen LogP contribution in [0.2, 0.25) is 0 Å². The average Bonchev–Trinajstić information content (AvgIpc) is 2.89. The maximum atomic E-state index is 12.0. The number of carbonyl (C=O) groups excluding carboxylic acids is 2. The molecule has 1 heterocycles. The topological polar surface area (TPSA) is 83.5 Å². The highest BCUT2D eigenvalue weighted by molar-refractivity contribution is 5.95. The molecule has 2 aromatic rings. The molecule has 1 unspecified atom stereocenters. The van der Waals surface area contributed by atoms with E-state index >= 15 is 0 Å². The minimum absolute atomic E-state index is 0.172. The zero-order valence-corrected chi connectivity index (χ0v) is 14.5. The number of para-hydroxylation sites is 1. The molecule has 6 heteroatoms. The van der Waals surface area contributed by atoms with Crippen LogP contribution in [0.15, 0.2) is 30.3 Å². The van der Waals surface area contributed by atoms with Gasteiger partial charge in [-0.15, -0.1) is 0 Å². The molecule has 6 nitrogen and oxygen atoms in total. The molecule has 0 radical (unpaired) electrons. The Kier molecular flexibility index (Phi) is 5.29. The van der Waals surface area contributed by atoms with Gasteiger partial charge in [0.25, 0.3) is 0 Å². The largest absolute Gasteiger partial charge is 0.464 e. The van der Waals surface area contributed by atoms with Crippen LogP contribution in [0.25, 0.3) is 10.9 Å². The van der Waals surface area contributed by atoms with E-state index in [0.29, 0.717) is 12.1 Å². The second kappa shape index (κ2) is 7.05. The first-order valence-electron chi connectivity index (χ1n) is 7.88. The minimum atomic E-state index is -0.536. The van der Waals surface area contributed by atoms with Crippen molar-refractivity contribution in [1.82, 2.24) is 4.57 Å². The number of ether oxygens (including phenoxy) is 2. The molecule has 0 aliphatic carbocycles. The molecule has 0 aliphatic rings. The summed E-state index contributed by atoms with van der Waals surface area (Å²) in [6, 6.07) is 9.29. The molecule has 0 amide bonds. The zero-order valence-electron chi connectivity index (χ0n) is 14.5. The fourth-order valence-corrected chi connectivity index (χ4v) is 2.58. The molecule has 0 aliphatic heterocycles. The molecule has 0 fully saturated rings. The number of rotatable bonds is 5. The summed E-state index contributed by atoms with van der Waals surface area (Å²) in [6.45, 7) is 5.46. The Labute approximate surface area is 141 Å². The van der Waals surface area contributed by atoms with E-state index in [1.165, 1.54) is 7.11 Å². The van der Waals surface area contributed by atoms with Crippen molar-refractivity contribution in [2.45, 2.75) is 45.4 Å². The summed E-state index contributed by atoms with van der Waals surface area (Å²) >= 11 is 0. The number of carbonyl (C=O) groups is 2.